The molecule has 7 nitrogen and oxygen atoms in total. The van der Waals surface area contributed by atoms with E-state index in [1.165, 1.54) is 0 Å². The quantitative estimate of drug-likeness (QED) is 0.441. The van der Waals surface area contributed by atoms with Gasteiger partial charge in [0, 0.05) is 10.5 Å². The van der Waals surface area contributed by atoms with Crippen molar-refractivity contribution in [1.82, 2.24) is 0 Å². The Labute approximate surface area is 161 Å². The lowest BCUT2D eigenvalue weighted by atomic mass is 9.96. The predicted octanol–water partition coefficient (Wildman–Crippen LogP) is 4.06. The maximum absolute atomic E-state index is 15.1. The van der Waals surface area contributed by atoms with Crippen LogP contribution in [0.4, 0.5) is 4.39 Å². The van der Waals surface area contributed by atoms with Crippen LogP contribution in [0.25, 0.3) is 10.4 Å². The molecule has 2 heterocycles. The van der Waals surface area contributed by atoms with E-state index < -0.39 is 37.0 Å². The van der Waals surface area contributed by atoms with E-state index in [4.69, 9.17) is 24.5 Å². The van der Waals surface area contributed by atoms with E-state index in [0.717, 1.165) is 11.1 Å². The number of halogens is 1. The van der Waals surface area contributed by atoms with Gasteiger partial charge >= 0.3 is 0 Å². The van der Waals surface area contributed by atoms with E-state index in [1.807, 2.05) is 60.7 Å². The van der Waals surface area contributed by atoms with Crippen LogP contribution >= 0.6 is 0 Å². The van der Waals surface area contributed by atoms with Crippen molar-refractivity contribution in [2.75, 3.05) is 6.61 Å². The van der Waals surface area contributed by atoms with Gasteiger partial charge in [0.2, 0.25) is 0 Å². The molecule has 1 unspecified atom stereocenters. The number of nitrogens with zero attached hydrogens (tertiary/aromatic N) is 3. The highest BCUT2D eigenvalue weighted by Gasteiger charge is 2.50. The summed E-state index contributed by atoms with van der Waals surface area (Å²) < 4.78 is 38.1. The molecular formula is C20H20FN3O4. The molecule has 0 saturated carbocycles. The van der Waals surface area contributed by atoms with Crippen LogP contribution in [0.1, 0.15) is 17.4 Å². The Bertz CT molecular complexity index is 819. The van der Waals surface area contributed by atoms with Crippen molar-refractivity contribution < 1.29 is 23.3 Å². The zero-order valence-electron chi connectivity index (χ0n) is 15.0. The van der Waals surface area contributed by atoms with Gasteiger partial charge in [0.1, 0.15) is 18.2 Å². The number of hydrogen-bond donors (Lipinski definition) is 0. The van der Waals surface area contributed by atoms with Crippen LogP contribution in [-0.2, 0) is 25.6 Å². The number of ether oxygens (including phenoxy) is 4. The van der Waals surface area contributed by atoms with Crippen LogP contribution in [0.3, 0.4) is 0 Å². The average Bonchev–Trinajstić information content (AvgIpc) is 2.75. The number of azide groups is 1. The average molecular weight is 385 g/mol. The van der Waals surface area contributed by atoms with Gasteiger partial charge < -0.3 is 18.9 Å². The molecule has 146 valence electrons. The summed E-state index contributed by atoms with van der Waals surface area (Å²) in [5, 5.41) is 3.65. The Balaban J connectivity index is 1.48. The maximum Gasteiger partial charge on any atom is 0.190 e. The van der Waals surface area contributed by atoms with Crippen LogP contribution in [0, 0.1) is 0 Å². The third-order valence-corrected chi connectivity index (χ3v) is 4.80. The van der Waals surface area contributed by atoms with E-state index in [0.29, 0.717) is 0 Å². The molecule has 0 aromatic heterocycles. The molecule has 8 heteroatoms. The van der Waals surface area contributed by atoms with Gasteiger partial charge in [0.05, 0.1) is 13.2 Å². The summed E-state index contributed by atoms with van der Waals surface area (Å²) in [6.45, 7) is 0.361. The lowest BCUT2D eigenvalue weighted by molar-refractivity contribution is -0.336. The van der Waals surface area contributed by atoms with Gasteiger partial charge in [-0.1, -0.05) is 65.8 Å². The van der Waals surface area contributed by atoms with Gasteiger partial charge in [-0.2, -0.15) is 0 Å². The first-order chi connectivity index (χ1) is 13.8. The summed E-state index contributed by atoms with van der Waals surface area (Å²) in [7, 11) is 0. The fraction of sp³-hybridized carbons (Fsp3) is 0.400. The third kappa shape index (κ3) is 4.01. The van der Waals surface area contributed by atoms with Crippen LogP contribution < -0.4 is 0 Å². The molecule has 0 radical (unpaired) electrons. The van der Waals surface area contributed by atoms with Gasteiger partial charge in [-0.25, -0.2) is 4.39 Å². The van der Waals surface area contributed by atoms with E-state index in [2.05, 4.69) is 10.0 Å². The molecule has 0 aliphatic carbocycles. The van der Waals surface area contributed by atoms with Crippen molar-refractivity contribution in [2.45, 2.75) is 43.6 Å². The predicted molar refractivity (Wildman–Crippen MR) is 97.7 cm³/mol. The second kappa shape index (κ2) is 8.68. The summed E-state index contributed by atoms with van der Waals surface area (Å²) in [5.41, 5.74) is 10.6. The highest BCUT2D eigenvalue weighted by molar-refractivity contribution is 5.17. The second-order valence-corrected chi connectivity index (χ2v) is 6.66. The van der Waals surface area contributed by atoms with Crippen molar-refractivity contribution in [1.29, 1.82) is 0 Å². The van der Waals surface area contributed by atoms with Crippen LogP contribution in [0.2, 0.25) is 0 Å². The first kappa shape index (κ1) is 18.9. The van der Waals surface area contributed by atoms with E-state index >= 15 is 4.39 Å². The van der Waals surface area contributed by atoms with Gasteiger partial charge in [-0.15, -0.1) is 0 Å². The molecule has 4 rings (SSSR count). The minimum atomic E-state index is -1.66. The largest absolute Gasteiger partial charge is 0.346 e. The maximum atomic E-state index is 15.1. The summed E-state index contributed by atoms with van der Waals surface area (Å²) >= 11 is 0. The third-order valence-electron chi connectivity index (χ3n) is 4.80. The molecule has 0 spiro atoms. The van der Waals surface area contributed by atoms with E-state index in [-0.39, 0.29) is 13.2 Å². The molecule has 0 amide bonds. The molecule has 2 aromatic carbocycles. The lowest BCUT2D eigenvalue weighted by Gasteiger charge is -2.45. The molecule has 0 bridgehead atoms. The molecule has 2 aliphatic heterocycles. The number of rotatable bonds is 5. The molecule has 6 atom stereocenters. The van der Waals surface area contributed by atoms with Gasteiger partial charge in [0.15, 0.2) is 18.8 Å². The first-order valence-electron chi connectivity index (χ1n) is 9.07. The van der Waals surface area contributed by atoms with Crippen LogP contribution in [-0.4, -0.2) is 37.3 Å². The van der Waals surface area contributed by atoms with Crippen LogP contribution in [0.15, 0.2) is 65.8 Å². The Morgan fingerprint density at radius 2 is 1.79 bits per heavy atom. The molecule has 28 heavy (non-hydrogen) atoms. The lowest BCUT2D eigenvalue weighted by Crippen LogP contribution is -2.60. The molecule has 2 aromatic rings. The summed E-state index contributed by atoms with van der Waals surface area (Å²) in [5.74, 6) is 0. The zero-order valence-corrected chi connectivity index (χ0v) is 15.0. The monoisotopic (exact) mass is 385 g/mol. The molecule has 2 fully saturated rings. The van der Waals surface area contributed by atoms with Crippen LogP contribution in [0.5, 0.6) is 0 Å². The van der Waals surface area contributed by atoms with Gasteiger partial charge in [0.25, 0.3) is 0 Å². The SMILES string of the molecule is [N-]=[N+]=N[C@H]1[C@H](F)[C@@H](OCc2ccccc2)O[C@@H]2COC(c3ccccc3)O[C@@H]12. The number of hydrogen-bond acceptors (Lipinski definition) is 5. The minimum absolute atomic E-state index is 0.180. The van der Waals surface area contributed by atoms with E-state index in [1.54, 1.807) is 0 Å². The highest BCUT2D eigenvalue weighted by Crippen LogP contribution is 2.36. The summed E-state index contributed by atoms with van der Waals surface area (Å²) in [6.07, 6.45) is -4.85. The molecule has 0 N–H and O–H groups in total. The molecule has 2 saturated heterocycles. The highest BCUT2D eigenvalue weighted by atomic mass is 19.1. The Hall–Kier alpha value is -2.48. The van der Waals surface area contributed by atoms with Crippen molar-refractivity contribution in [3.63, 3.8) is 0 Å². The molecule has 2 aliphatic rings. The standard InChI is InChI=1S/C20H20FN3O4/c21-16-17(23-24-22)18-15(12-26-19(28-18)14-9-5-2-6-10-14)27-20(16)25-11-13-7-3-1-4-8-13/h1-10,15-20H,11-12H2/t15-,16+,17+,18-,19?,20+/m1/s1. The normalized spacial score (nSPS) is 32.2. The van der Waals surface area contributed by atoms with Crippen molar-refractivity contribution in [3.05, 3.63) is 82.2 Å². The summed E-state index contributed by atoms with van der Waals surface area (Å²) in [4.78, 5) is 2.80. The van der Waals surface area contributed by atoms with Gasteiger partial charge in [-0.3, -0.25) is 0 Å². The fourth-order valence-corrected chi connectivity index (χ4v) is 3.41. The Morgan fingerprint density at radius 1 is 1.07 bits per heavy atom. The number of alkyl halides is 1. The Kier molecular flexibility index (Phi) is 5.85. The van der Waals surface area contributed by atoms with Crippen molar-refractivity contribution >= 4 is 0 Å². The van der Waals surface area contributed by atoms with Gasteiger partial charge in [-0.05, 0) is 11.1 Å². The van der Waals surface area contributed by atoms with Crippen molar-refractivity contribution in [3.8, 4) is 0 Å². The molecular weight excluding hydrogens is 365 g/mol. The number of benzene rings is 2. The van der Waals surface area contributed by atoms with Crippen molar-refractivity contribution in [2.24, 2.45) is 5.11 Å². The smallest absolute Gasteiger partial charge is 0.190 e. The minimum Gasteiger partial charge on any atom is -0.346 e. The number of fused-ring (bicyclic) bond motifs is 1. The second-order valence-electron chi connectivity index (χ2n) is 6.66. The Morgan fingerprint density at radius 3 is 2.50 bits per heavy atom. The zero-order chi connectivity index (χ0) is 19.3. The summed E-state index contributed by atoms with van der Waals surface area (Å²) in [6, 6.07) is 17.6. The topological polar surface area (TPSA) is 85.7 Å². The first-order valence-corrected chi connectivity index (χ1v) is 9.07. The van der Waals surface area contributed by atoms with E-state index in [9.17, 15) is 0 Å². The fourth-order valence-electron chi connectivity index (χ4n) is 3.41.